The number of nitrogens with one attached hydrogen (secondary N) is 2. The van der Waals surface area contributed by atoms with E-state index in [2.05, 4.69) is 49.2 Å². The van der Waals surface area contributed by atoms with Crippen molar-refractivity contribution in [2.75, 3.05) is 36.7 Å². The standard InChI is InChI=1S/C22H27N5O4S2/c1-14-12-26(13-15(2)27(14)33(4,29)30)16-5-7-17(8-6-16)32-18-9-10-19-20(11-18)24-21(23-19)25-22(28)31-3/h5-11,14-15H,12-13H2,1-4H3,(H2,23,24,25,28). The van der Waals surface area contributed by atoms with Crippen molar-refractivity contribution in [3.8, 4) is 0 Å². The molecule has 4 rings (SSSR count). The normalized spacial score (nSPS) is 19.6. The van der Waals surface area contributed by atoms with Crippen molar-refractivity contribution in [3.63, 3.8) is 0 Å². The van der Waals surface area contributed by atoms with Crippen LogP contribution in [0.5, 0.6) is 0 Å². The highest BCUT2D eigenvalue weighted by molar-refractivity contribution is 7.99. The summed E-state index contributed by atoms with van der Waals surface area (Å²) in [5, 5.41) is 2.53. The van der Waals surface area contributed by atoms with Crippen molar-refractivity contribution in [1.29, 1.82) is 0 Å². The summed E-state index contributed by atoms with van der Waals surface area (Å²) in [5.74, 6) is 0.336. The number of H-pyrrole nitrogens is 1. The van der Waals surface area contributed by atoms with Gasteiger partial charge in [0.05, 0.1) is 24.4 Å². The Kier molecular flexibility index (Phi) is 6.55. The molecule has 0 aliphatic carbocycles. The first-order valence-electron chi connectivity index (χ1n) is 10.5. The number of carbonyl (C=O) groups is 1. The Morgan fingerprint density at radius 2 is 1.76 bits per heavy atom. The number of anilines is 2. The van der Waals surface area contributed by atoms with Gasteiger partial charge in [-0.3, -0.25) is 5.32 Å². The summed E-state index contributed by atoms with van der Waals surface area (Å²) in [7, 11) is -1.92. The molecule has 0 bridgehead atoms. The van der Waals surface area contributed by atoms with E-state index in [1.165, 1.54) is 13.4 Å². The Hall–Kier alpha value is -2.76. The number of piperazine rings is 1. The zero-order valence-corrected chi connectivity index (χ0v) is 20.5. The quantitative estimate of drug-likeness (QED) is 0.562. The number of nitrogens with zero attached hydrogens (tertiary/aromatic N) is 3. The average molecular weight is 490 g/mol. The Bertz CT molecular complexity index is 1250. The molecule has 1 aromatic heterocycles. The van der Waals surface area contributed by atoms with E-state index in [0.29, 0.717) is 19.0 Å². The Balaban J connectivity index is 1.44. The lowest BCUT2D eigenvalue weighted by molar-refractivity contribution is 0.186. The van der Waals surface area contributed by atoms with Crippen LogP contribution in [-0.2, 0) is 14.8 Å². The third-order valence-corrected chi connectivity index (χ3v) is 8.00. The van der Waals surface area contributed by atoms with E-state index in [9.17, 15) is 13.2 Å². The Morgan fingerprint density at radius 1 is 1.12 bits per heavy atom. The van der Waals surface area contributed by atoms with Crippen molar-refractivity contribution < 1.29 is 17.9 Å². The van der Waals surface area contributed by atoms with E-state index >= 15 is 0 Å². The summed E-state index contributed by atoms with van der Waals surface area (Å²) in [6.45, 7) is 5.21. The monoisotopic (exact) mass is 489 g/mol. The number of carbonyl (C=O) groups excluding carboxylic acids is 1. The van der Waals surface area contributed by atoms with Gasteiger partial charge in [-0.05, 0) is 56.3 Å². The maximum absolute atomic E-state index is 12.1. The van der Waals surface area contributed by atoms with Gasteiger partial charge in [-0.1, -0.05) is 11.8 Å². The van der Waals surface area contributed by atoms with Gasteiger partial charge < -0.3 is 14.6 Å². The largest absolute Gasteiger partial charge is 0.453 e. The minimum absolute atomic E-state index is 0.0857. The van der Waals surface area contributed by atoms with Crippen LogP contribution in [0.4, 0.5) is 16.4 Å². The van der Waals surface area contributed by atoms with Gasteiger partial charge in [-0.15, -0.1) is 0 Å². The maximum Gasteiger partial charge on any atom is 0.413 e. The lowest BCUT2D eigenvalue weighted by Crippen LogP contribution is -2.58. The number of aromatic amines is 1. The highest BCUT2D eigenvalue weighted by atomic mass is 32.2. The number of hydrogen-bond donors (Lipinski definition) is 2. The minimum atomic E-state index is -3.22. The van der Waals surface area contributed by atoms with Gasteiger partial charge in [0.2, 0.25) is 16.0 Å². The fourth-order valence-corrected chi connectivity index (χ4v) is 6.59. The Morgan fingerprint density at radius 3 is 2.36 bits per heavy atom. The van der Waals surface area contributed by atoms with Gasteiger partial charge in [-0.25, -0.2) is 18.2 Å². The maximum atomic E-state index is 12.1. The first-order chi connectivity index (χ1) is 15.6. The number of ether oxygens (including phenoxy) is 1. The summed E-state index contributed by atoms with van der Waals surface area (Å²) >= 11 is 1.62. The fraction of sp³-hybridized carbons (Fsp3) is 0.364. The molecule has 2 aromatic carbocycles. The summed E-state index contributed by atoms with van der Waals surface area (Å²) in [6, 6.07) is 14.0. The van der Waals surface area contributed by atoms with Gasteiger partial charge in [0, 0.05) is 40.7 Å². The van der Waals surface area contributed by atoms with E-state index < -0.39 is 16.1 Å². The molecule has 1 aliphatic heterocycles. The number of hydrogen-bond acceptors (Lipinski definition) is 7. The van der Waals surface area contributed by atoms with Crippen LogP contribution in [0.15, 0.2) is 52.3 Å². The first-order valence-corrected chi connectivity index (χ1v) is 13.2. The molecule has 2 atom stereocenters. The van der Waals surface area contributed by atoms with Crippen LogP contribution >= 0.6 is 11.8 Å². The topological polar surface area (TPSA) is 108 Å². The molecule has 2 unspecified atom stereocenters. The summed E-state index contributed by atoms with van der Waals surface area (Å²) in [6.07, 6.45) is 0.698. The summed E-state index contributed by atoms with van der Waals surface area (Å²) in [5.41, 5.74) is 2.64. The van der Waals surface area contributed by atoms with E-state index in [0.717, 1.165) is 26.5 Å². The molecule has 1 fully saturated rings. The van der Waals surface area contributed by atoms with Gasteiger partial charge in [-0.2, -0.15) is 4.31 Å². The van der Waals surface area contributed by atoms with Crippen molar-refractivity contribution >= 4 is 50.5 Å². The first kappa shape index (κ1) is 23.4. The SMILES string of the molecule is COC(=O)Nc1nc2ccc(Sc3ccc(N4CC(C)N(S(C)(=O)=O)C(C)C4)cc3)cc2[nH]1. The van der Waals surface area contributed by atoms with Gasteiger partial charge >= 0.3 is 6.09 Å². The van der Waals surface area contributed by atoms with Gasteiger partial charge in [0.15, 0.2) is 0 Å². The second-order valence-electron chi connectivity index (χ2n) is 8.17. The third-order valence-electron chi connectivity index (χ3n) is 5.52. The molecule has 2 N–H and O–H groups in total. The summed E-state index contributed by atoms with van der Waals surface area (Å²) in [4.78, 5) is 23.1. The number of methoxy groups -OCH3 is 1. The van der Waals surface area contributed by atoms with E-state index in [-0.39, 0.29) is 12.1 Å². The molecule has 176 valence electrons. The molecule has 2 heterocycles. The van der Waals surface area contributed by atoms with E-state index in [1.807, 2.05) is 32.0 Å². The molecule has 1 saturated heterocycles. The highest BCUT2D eigenvalue weighted by Gasteiger charge is 2.35. The van der Waals surface area contributed by atoms with Crippen LogP contribution in [0, 0.1) is 0 Å². The second-order valence-corrected chi connectivity index (χ2v) is 11.2. The van der Waals surface area contributed by atoms with Crippen LogP contribution < -0.4 is 10.2 Å². The molecular weight excluding hydrogens is 462 g/mol. The molecule has 0 radical (unpaired) electrons. The molecule has 3 aromatic rings. The molecule has 1 aliphatic rings. The minimum Gasteiger partial charge on any atom is -0.453 e. The van der Waals surface area contributed by atoms with Crippen LogP contribution in [0.1, 0.15) is 13.8 Å². The lowest BCUT2D eigenvalue weighted by Gasteiger charge is -2.43. The smallest absolute Gasteiger partial charge is 0.413 e. The predicted molar refractivity (Wildman–Crippen MR) is 131 cm³/mol. The number of benzene rings is 2. The molecular formula is C22H27N5O4S2. The number of amides is 1. The predicted octanol–water partition coefficient (Wildman–Crippen LogP) is 3.75. The average Bonchev–Trinajstić information content (AvgIpc) is 3.14. The molecule has 11 heteroatoms. The number of imidazole rings is 1. The molecule has 1 amide bonds. The van der Waals surface area contributed by atoms with Crippen LogP contribution in [0.2, 0.25) is 0 Å². The summed E-state index contributed by atoms with van der Waals surface area (Å²) < 4.78 is 30.4. The zero-order chi connectivity index (χ0) is 23.8. The zero-order valence-electron chi connectivity index (χ0n) is 18.9. The van der Waals surface area contributed by atoms with Crippen molar-refractivity contribution in [2.24, 2.45) is 0 Å². The fourth-order valence-electron chi connectivity index (χ4n) is 4.29. The van der Waals surface area contributed by atoms with Crippen molar-refractivity contribution in [3.05, 3.63) is 42.5 Å². The van der Waals surface area contributed by atoms with Gasteiger partial charge in [0.25, 0.3) is 0 Å². The molecule has 9 nitrogen and oxygen atoms in total. The van der Waals surface area contributed by atoms with Crippen LogP contribution in [0.3, 0.4) is 0 Å². The van der Waals surface area contributed by atoms with Crippen LogP contribution in [0.25, 0.3) is 11.0 Å². The third kappa shape index (κ3) is 5.26. The molecule has 0 spiro atoms. The van der Waals surface area contributed by atoms with Crippen molar-refractivity contribution in [1.82, 2.24) is 14.3 Å². The van der Waals surface area contributed by atoms with Crippen molar-refractivity contribution in [2.45, 2.75) is 35.7 Å². The number of sulfonamides is 1. The number of aromatic nitrogens is 2. The molecule has 33 heavy (non-hydrogen) atoms. The highest BCUT2D eigenvalue weighted by Crippen LogP contribution is 2.32. The van der Waals surface area contributed by atoms with E-state index in [4.69, 9.17) is 0 Å². The lowest BCUT2D eigenvalue weighted by atomic mass is 10.1. The van der Waals surface area contributed by atoms with Gasteiger partial charge in [0.1, 0.15) is 0 Å². The number of fused-ring (bicyclic) bond motifs is 1. The molecule has 0 saturated carbocycles. The van der Waals surface area contributed by atoms with E-state index in [1.54, 1.807) is 16.1 Å². The number of rotatable bonds is 5. The second kappa shape index (κ2) is 9.24. The van der Waals surface area contributed by atoms with Crippen LogP contribution in [-0.4, -0.2) is 67.3 Å². The Labute approximate surface area is 197 Å².